The third-order valence-corrected chi connectivity index (χ3v) is 4.58. The molecule has 0 saturated heterocycles. The molecule has 1 aromatic heterocycles. The first-order valence-electron chi connectivity index (χ1n) is 8.08. The molecule has 0 saturated carbocycles. The fourth-order valence-electron chi connectivity index (χ4n) is 3.08. The molecule has 1 unspecified atom stereocenters. The van der Waals surface area contributed by atoms with E-state index < -0.39 is 0 Å². The predicted molar refractivity (Wildman–Crippen MR) is 96.2 cm³/mol. The zero-order chi connectivity index (χ0) is 16.5. The summed E-state index contributed by atoms with van der Waals surface area (Å²) in [5.74, 6) is 0.932. The van der Waals surface area contributed by atoms with Gasteiger partial charge in [-0.15, -0.1) is 10.2 Å². The van der Waals surface area contributed by atoms with Gasteiger partial charge >= 0.3 is 0 Å². The minimum atomic E-state index is 0.162. The van der Waals surface area contributed by atoms with Crippen molar-refractivity contribution in [3.05, 3.63) is 76.8 Å². The van der Waals surface area contributed by atoms with Crippen molar-refractivity contribution in [2.75, 3.05) is 0 Å². The van der Waals surface area contributed by atoms with E-state index in [9.17, 15) is 0 Å². The maximum atomic E-state index is 6.30. The lowest BCUT2D eigenvalue weighted by Crippen LogP contribution is -2.20. The molecule has 1 aliphatic heterocycles. The molecule has 1 aliphatic rings. The average molecular weight is 337 g/mol. The summed E-state index contributed by atoms with van der Waals surface area (Å²) in [6.07, 6.45) is 3.48. The first kappa shape index (κ1) is 15.1. The van der Waals surface area contributed by atoms with Crippen LogP contribution < -0.4 is 0 Å². The molecule has 4 nitrogen and oxygen atoms in total. The van der Waals surface area contributed by atoms with Crippen LogP contribution in [0.15, 0.2) is 59.9 Å². The van der Waals surface area contributed by atoms with E-state index in [2.05, 4.69) is 29.3 Å². The van der Waals surface area contributed by atoms with Crippen LogP contribution in [-0.4, -0.2) is 26.5 Å². The van der Waals surface area contributed by atoms with Crippen molar-refractivity contribution in [1.82, 2.24) is 14.8 Å². The molecule has 24 heavy (non-hydrogen) atoms. The van der Waals surface area contributed by atoms with Crippen molar-refractivity contribution in [3.8, 4) is 5.69 Å². The van der Waals surface area contributed by atoms with Crippen molar-refractivity contribution >= 4 is 17.3 Å². The molecule has 2 aromatic carbocycles. The van der Waals surface area contributed by atoms with Crippen molar-refractivity contribution < 1.29 is 0 Å². The van der Waals surface area contributed by atoms with Crippen LogP contribution in [0.5, 0.6) is 0 Å². The van der Waals surface area contributed by atoms with E-state index in [-0.39, 0.29) is 6.04 Å². The van der Waals surface area contributed by atoms with Gasteiger partial charge in [0, 0.05) is 22.6 Å². The van der Waals surface area contributed by atoms with Crippen LogP contribution in [0, 0.1) is 0 Å². The lowest BCUT2D eigenvalue weighted by Gasteiger charge is -2.21. The lowest BCUT2D eigenvalue weighted by molar-refractivity contribution is 0.617. The Hall–Kier alpha value is -2.46. The van der Waals surface area contributed by atoms with Gasteiger partial charge in [-0.05, 0) is 24.6 Å². The second-order valence-corrected chi connectivity index (χ2v) is 6.33. The second kappa shape index (κ2) is 6.21. The molecule has 0 radical (unpaired) electrons. The molecule has 120 valence electrons. The highest BCUT2D eigenvalue weighted by atomic mass is 35.5. The molecule has 5 heteroatoms. The quantitative estimate of drug-likeness (QED) is 0.707. The SMILES string of the molecule is CCC1Cc2nncn2-c2ccc(Cl)cc2C(c2ccccc2)=N1. The van der Waals surface area contributed by atoms with E-state index >= 15 is 0 Å². The monoisotopic (exact) mass is 336 g/mol. The van der Waals surface area contributed by atoms with Gasteiger partial charge < -0.3 is 0 Å². The summed E-state index contributed by atoms with van der Waals surface area (Å²) in [7, 11) is 0. The molecule has 2 heterocycles. The van der Waals surface area contributed by atoms with Gasteiger partial charge in [0.05, 0.1) is 17.4 Å². The third-order valence-electron chi connectivity index (χ3n) is 4.34. The molecule has 0 amide bonds. The maximum Gasteiger partial charge on any atom is 0.139 e. The largest absolute Gasteiger partial charge is 0.285 e. The summed E-state index contributed by atoms with van der Waals surface area (Å²) in [5.41, 5.74) is 4.08. The minimum Gasteiger partial charge on any atom is -0.285 e. The van der Waals surface area contributed by atoms with Crippen LogP contribution in [0.3, 0.4) is 0 Å². The molecule has 0 bridgehead atoms. The maximum absolute atomic E-state index is 6.30. The average Bonchev–Trinajstić information content (AvgIpc) is 3.05. The molecule has 0 aliphatic carbocycles. The third kappa shape index (κ3) is 2.63. The smallest absolute Gasteiger partial charge is 0.139 e. The molecule has 0 N–H and O–H groups in total. The summed E-state index contributed by atoms with van der Waals surface area (Å²) in [4.78, 5) is 5.06. The van der Waals surface area contributed by atoms with Gasteiger partial charge in [0.2, 0.25) is 0 Å². The highest BCUT2D eigenvalue weighted by molar-refractivity contribution is 6.31. The zero-order valence-electron chi connectivity index (χ0n) is 13.4. The Labute approximate surface area is 145 Å². The van der Waals surface area contributed by atoms with E-state index in [4.69, 9.17) is 16.6 Å². The summed E-state index contributed by atoms with van der Waals surface area (Å²) in [6, 6.07) is 16.3. The molecule has 3 aromatic rings. The molecular weight excluding hydrogens is 320 g/mol. The molecule has 0 spiro atoms. The lowest BCUT2D eigenvalue weighted by atomic mass is 9.98. The number of nitrogens with zero attached hydrogens (tertiary/aromatic N) is 4. The Bertz CT molecular complexity index is 899. The standard InChI is InChI=1S/C19H17ClN4/c1-2-15-11-18-23-21-12-24(18)17-9-8-14(20)10-16(17)19(22-15)13-6-4-3-5-7-13/h3-10,12,15H,2,11H2,1H3. The number of fused-ring (bicyclic) bond motifs is 3. The van der Waals surface area contributed by atoms with E-state index in [1.807, 2.05) is 41.0 Å². The van der Waals surface area contributed by atoms with Crippen LogP contribution in [-0.2, 0) is 6.42 Å². The van der Waals surface area contributed by atoms with Crippen LogP contribution in [0.4, 0.5) is 0 Å². The van der Waals surface area contributed by atoms with Crippen LogP contribution in [0.2, 0.25) is 5.02 Å². The molecular formula is C19H17ClN4. The highest BCUT2D eigenvalue weighted by Crippen LogP contribution is 2.27. The predicted octanol–water partition coefficient (Wildman–Crippen LogP) is 4.09. The number of aliphatic imine (C=N–C) groups is 1. The van der Waals surface area contributed by atoms with Crippen molar-refractivity contribution in [2.24, 2.45) is 4.99 Å². The van der Waals surface area contributed by atoms with E-state index in [0.717, 1.165) is 41.2 Å². The first-order chi connectivity index (χ1) is 11.8. The number of hydrogen-bond acceptors (Lipinski definition) is 3. The normalized spacial score (nSPS) is 16.6. The van der Waals surface area contributed by atoms with Gasteiger partial charge in [0.1, 0.15) is 12.2 Å². The number of halogens is 1. The number of hydrogen-bond donors (Lipinski definition) is 0. The van der Waals surface area contributed by atoms with E-state index in [1.54, 1.807) is 6.33 Å². The number of rotatable bonds is 2. The van der Waals surface area contributed by atoms with Gasteiger partial charge in [0.25, 0.3) is 0 Å². The van der Waals surface area contributed by atoms with Crippen LogP contribution >= 0.6 is 11.6 Å². The summed E-state index contributed by atoms with van der Waals surface area (Å²) >= 11 is 6.30. The van der Waals surface area contributed by atoms with Crippen LogP contribution in [0.25, 0.3) is 5.69 Å². The Morgan fingerprint density at radius 2 is 2.00 bits per heavy atom. The van der Waals surface area contributed by atoms with Gasteiger partial charge in [-0.3, -0.25) is 9.56 Å². The van der Waals surface area contributed by atoms with Crippen molar-refractivity contribution in [2.45, 2.75) is 25.8 Å². The minimum absolute atomic E-state index is 0.162. The fraction of sp³-hybridized carbons (Fsp3) is 0.211. The van der Waals surface area contributed by atoms with Crippen molar-refractivity contribution in [1.29, 1.82) is 0 Å². The Morgan fingerprint density at radius 3 is 2.79 bits per heavy atom. The second-order valence-electron chi connectivity index (χ2n) is 5.89. The Balaban J connectivity index is 2.01. The van der Waals surface area contributed by atoms with Gasteiger partial charge in [-0.2, -0.15) is 0 Å². The zero-order valence-corrected chi connectivity index (χ0v) is 14.1. The number of benzene rings is 2. The van der Waals surface area contributed by atoms with Gasteiger partial charge in [0.15, 0.2) is 0 Å². The van der Waals surface area contributed by atoms with Crippen LogP contribution in [0.1, 0.15) is 30.3 Å². The number of aromatic nitrogens is 3. The van der Waals surface area contributed by atoms with Gasteiger partial charge in [-0.25, -0.2) is 0 Å². The van der Waals surface area contributed by atoms with E-state index in [1.165, 1.54) is 0 Å². The topological polar surface area (TPSA) is 43.1 Å². The fourth-order valence-corrected chi connectivity index (χ4v) is 3.25. The summed E-state index contributed by atoms with van der Waals surface area (Å²) in [5, 5.41) is 9.09. The van der Waals surface area contributed by atoms with Crippen molar-refractivity contribution in [3.63, 3.8) is 0 Å². The Morgan fingerprint density at radius 1 is 1.17 bits per heavy atom. The Kier molecular flexibility index (Phi) is 3.90. The highest BCUT2D eigenvalue weighted by Gasteiger charge is 2.22. The summed E-state index contributed by atoms with van der Waals surface area (Å²) < 4.78 is 2.05. The first-order valence-corrected chi connectivity index (χ1v) is 8.46. The molecule has 4 rings (SSSR count). The summed E-state index contributed by atoms with van der Waals surface area (Å²) in [6.45, 7) is 2.15. The molecule has 0 fully saturated rings. The van der Waals surface area contributed by atoms with Gasteiger partial charge in [-0.1, -0.05) is 48.9 Å². The van der Waals surface area contributed by atoms with E-state index in [0.29, 0.717) is 5.02 Å². The molecule has 1 atom stereocenters.